The standard InChI is InChI=1S/C37H70NO8P/c1-3-5-7-9-11-13-15-16-17-18-20-22-24-26-28-30-37(40)46-35(34-45-47(41,42)44-32-31-38)33-43-36(39)29-27-25-23-21-19-14-12-10-8-6-4-2/h10,12-13,15,35H,3-9,11,14,16-34,38H2,1-2H3,(H,41,42)/b12-10-,15-13-/t35-/m1/s1. The van der Waals surface area contributed by atoms with Crippen LogP contribution in [0.25, 0.3) is 0 Å². The van der Waals surface area contributed by atoms with Crippen molar-refractivity contribution >= 4 is 19.8 Å². The molecular formula is C37H70NO8P. The van der Waals surface area contributed by atoms with Gasteiger partial charge >= 0.3 is 19.8 Å². The van der Waals surface area contributed by atoms with Crippen molar-refractivity contribution in [3.05, 3.63) is 24.3 Å². The Morgan fingerprint density at radius 1 is 0.617 bits per heavy atom. The minimum atomic E-state index is -4.37. The number of hydrogen-bond donors (Lipinski definition) is 2. The molecule has 1 unspecified atom stereocenters. The van der Waals surface area contributed by atoms with Crippen molar-refractivity contribution in [1.29, 1.82) is 0 Å². The van der Waals surface area contributed by atoms with Crippen LogP contribution >= 0.6 is 7.82 Å². The van der Waals surface area contributed by atoms with Gasteiger partial charge in [0.25, 0.3) is 0 Å². The number of allylic oxidation sites excluding steroid dienone is 4. The van der Waals surface area contributed by atoms with E-state index in [0.717, 1.165) is 70.6 Å². The third kappa shape index (κ3) is 34.2. The fourth-order valence-corrected chi connectivity index (χ4v) is 5.73. The second-order valence-electron chi connectivity index (χ2n) is 12.4. The monoisotopic (exact) mass is 687 g/mol. The quantitative estimate of drug-likeness (QED) is 0.0289. The fourth-order valence-electron chi connectivity index (χ4n) is 4.96. The predicted molar refractivity (Wildman–Crippen MR) is 192 cm³/mol. The molecule has 0 rings (SSSR count). The lowest BCUT2D eigenvalue weighted by Crippen LogP contribution is -2.29. The molecule has 0 saturated heterocycles. The number of phosphoric ester groups is 1. The molecule has 0 amide bonds. The second kappa shape index (κ2) is 34.4. The van der Waals surface area contributed by atoms with Gasteiger partial charge in [0.2, 0.25) is 0 Å². The number of carbonyl (C=O) groups excluding carboxylic acids is 2. The summed E-state index contributed by atoms with van der Waals surface area (Å²) < 4.78 is 32.6. The van der Waals surface area contributed by atoms with Crippen molar-refractivity contribution < 1.29 is 37.6 Å². The molecule has 47 heavy (non-hydrogen) atoms. The van der Waals surface area contributed by atoms with Crippen molar-refractivity contribution in [2.45, 2.75) is 174 Å². The van der Waals surface area contributed by atoms with Crippen molar-refractivity contribution in [2.75, 3.05) is 26.4 Å². The highest BCUT2D eigenvalue weighted by Gasteiger charge is 2.25. The molecule has 276 valence electrons. The van der Waals surface area contributed by atoms with Crippen LogP contribution in [0.4, 0.5) is 0 Å². The number of phosphoric acid groups is 1. The van der Waals surface area contributed by atoms with Crippen LogP contribution < -0.4 is 5.73 Å². The average molecular weight is 688 g/mol. The number of esters is 2. The molecular weight excluding hydrogens is 617 g/mol. The number of rotatable bonds is 35. The first-order valence-corrected chi connectivity index (χ1v) is 20.3. The Hall–Kier alpha value is -1.51. The predicted octanol–water partition coefficient (Wildman–Crippen LogP) is 10.0. The van der Waals surface area contributed by atoms with Crippen molar-refractivity contribution in [3.8, 4) is 0 Å². The first kappa shape index (κ1) is 45.5. The summed E-state index contributed by atoms with van der Waals surface area (Å²) in [6, 6.07) is 0. The summed E-state index contributed by atoms with van der Waals surface area (Å²) in [5.41, 5.74) is 5.32. The van der Waals surface area contributed by atoms with Gasteiger partial charge < -0.3 is 20.1 Å². The van der Waals surface area contributed by atoms with E-state index >= 15 is 0 Å². The topological polar surface area (TPSA) is 134 Å². The summed E-state index contributed by atoms with van der Waals surface area (Å²) in [6.07, 6.45) is 33.5. The van der Waals surface area contributed by atoms with Crippen LogP contribution in [0.3, 0.4) is 0 Å². The number of nitrogens with two attached hydrogens (primary N) is 1. The maximum absolute atomic E-state index is 12.5. The van der Waals surface area contributed by atoms with Gasteiger partial charge in [-0.25, -0.2) is 4.57 Å². The maximum Gasteiger partial charge on any atom is 0.472 e. The van der Waals surface area contributed by atoms with Gasteiger partial charge in [-0.2, -0.15) is 0 Å². The van der Waals surface area contributed by atoms with E-state index in [0.29, 0.717) is 6.42 Å². The number of hydrogen-bond acceptors (Lipinski definition) is 8. The van der Waals surface area contributed by atoms with Crippen molar-refractivity contribution in [3.63, 3.8) is 0 Å². The van der Waals surface area contributed by atoms with Crippen LogP contribution in [-0.2, 0) is 32.7 Å². The van der Waals surface area contributed by atoms with Crippen LogP contribution in [0.5, 0.6) is 0 Å². The number of unbranched alkanes of at least 4 members (excludes halogenated alkanes) is 18. The van der Waals surface area contributed by atoms with Gasteiger partial charge in [-0.15, -0.1) is 0 Å². The molecule has 0 aliphatic carbocycles. The van der Waals surface area contributed by atoms with Gasteiger partial charge in [-0.05, 0) is 57.8 Å². The van der Waals surface area contributed by atoms with Gasteiger partial charge in [0.1, 0.15) is 6.61 Å². The fraction of sp³-hybridized carbons (Fsp3) is 0.838. The molecule has 0 aromatic rings. The summed E-state index contributed by atoms with van der Waals surface area (Å²) in [5, 5.41) is 0. The van der Waals surface area contributed by atoms with Gasteiger partial charge in [0, 0.05) is 19.4 Å². The minimum Gasteiger partial charge on any atom is -0.462 e. The van der Waals surface area contributed by atoms with Crippen LogP contribution in [0, 0.1) is 0 Å². The highest BCUT2D eigenvalue weighted by atomic mass is 31.2. The van der Waals surface area contributed by atoms with E-state index in [9.17, 15) is 19.0 Å². The zero-order chi connectivity index (χ0) is 34.7. The molecule has 0 aliphatic rings. The molecule has 0 heterocycles. The van der Waals surface area contributed by atoms with Gasteiger partial charge in [0.05, 0.1) is 13.2 Å². The highest BCUT2D eigenvalue weighted by molar-refractivity contribution is 7.47. The number of ether oxygens (including phenoxy) is 2. The molecule has 9 nitrogen and oxygen atoms in total. The zero-order valence-corrected chi connectivity index (χ0v) is 30.9. The minimum absolute atomic E-state index is 0.0522. The lowest BCUT2D eigenvalue weighted by molar-refractivity contribution is -0.161. The van der Waals surface area contributed by atoms with E-state index < -0.39 is 32.5 Å². The summed E-state index contributed by atoms with van der Waals surface area (Å²) in [7, 11) is -4.37. The Morgan fingerprint density at radius 3 is 1.57 bits per heavy atom. The van der Waals surface area contributed by atoms with Crippen molar-refractivity contribution in [1.82, 2.24) is 0 Å². The van der Waals surface area contributed by atoms with Gasteiger partial charge in [0.15, 0.2) is 6.10 Å². The Morgan fingerprint density at radius 2 is 1.06 bits per heavy atom. The Bertz CT molecular complexity index is 835. The summed E-state index contributed by atoms with van der Waals surface area (Å²) in [6.45, 7) is 3.65. The molecule has 0 saturated carbocycles. The second-order valence-corrected chi connectivity index (χ2v) is 13.9. The summed E-state index contributed by atoms with van der Waals surface area (Å²) in [5.74, 6) is -0.845. The molecule has 0 bridgehead atoms. The molecule has 10 heteroatoms. The SMILES string of the molecule is CCCC/C=C\CCCCCCCC(=O)OC[C@H](COP(=O)(O)OCCN)OC(=O)CCCCCCCCC/C=C\CCCCCC. The number of carbonyl (C=O) groups is 2. The molecule has 0 fully saturated rings. The first-order valence-electron chi connectivity index (χ1n) is 18.8. The smallest absolute Gasteiger partial charge is 0.462 e. The maximum atomic E-state index is 12.5. The largest absolute Gasteiger partial charge is 0.472 e. The summed E-state index contributed by atoms with van der Waals surface area (Å²) in [4.78, 5) is 34.6. The van der Waals surface area contributed by atoms with Crippen LogP contribution in [0.15, 0.2) is 24.3 Å². The Kier molecular flexibility index (Phi) is 33.3. The van der Waals surface area contributed by atoms with Gasteiger partial charge in [-0.1, -0.05) is 122 Å². The molecule has 0 aromatic heterocycles. The van der Waals surface area contributed by atoms with E-state index in [4.69, 9.17) is 24.3 Å². The van der Waals surface area contributed by atoms with E-state index in [1.165, 1.54) is 64.2 Å². The van der Waals surface area contributed by atoms with Gasteiger partial charge in [-0.3, -0.25) is 18.6 Å². The molecule has 0 spiro atoms. The molecule has 3 N–H and O–H groups in total. The Balaban J connectivity index is 4.24. The molecule has 0 aromatic carbocycles. The molecule has 2 atom stereocenters. The zero-order valence-electron chi connectivity index (χ0n) is 30.0. The third-order valence-electron chi connectivity index (χ3n) is 7.81. The molecule has 0 aliphatic heterocycles. The first-order chi connectivity index (χ1) is 22.8. The van der Waals surface area contributed by atoms with E-state index in [-0.39, 0.29) is 32.6 Å². The normalized spacial score (nSPS) is 13.7. The lowest BCUT2D eigenvalue weighted by Gasteiger charge is -2.19. The van der Waals surface area contributed by atoms with Crippen LogP contribution in [0.1, 0.15) is 168 Å². The van der Waals surface area contributed by atoms with E-state index in [2.05, 4.69) is 38.2 Å². The third-order valence-corrected chi connectivity index (χ3v) is 8.79. The summed E-state index contributed by atoms with van der Waals surface area (Å²) >= 11 is 0. The van der Waals surface area contributed by atoms with E-state index in [1.807, 2.05) is 0 Å². The van der Waals surface area contributed by atoms with Crippen molar-refractivity contribution in [2.24, 2.45) is 5.73 Å². The highest BCUT2D eigenvalue weighted by Crippen LogP contribution is 2.43. The lowest BCUT2D eigenvalue weighted by atomic mass is 10.1. The van der Waals surface area contributed by atoms with E-state index in [1.54, 1.807) is 0 Å². The molecule has 0 radical (unpaired) electrons. The van der Waals surface area contributed by atoms with Crippen LogP contribution in [0.2, 0.25) is 0 Å². The average Bonchev–Trinajstić information content (AvgIpc) is 3.05. The Labute approximate surface area is 287 Å². The van der Waals surface area contributed by atoms with Crippen LogP contribution in [-0.4, -0.2) is 49.3 Å².